The Morgan fingerprint density at radius 1 is 1.25 bits per heavy atom. The van der Waals surface area contributed by atoms with Gasteiger partial charge >= 0.3 is 6.01 Å². The van der Waals surface area contributed by atoms with Gasteiger partial charge in [0.15, 0.2) is 11.6 Å². The molecule has 0 aromatic carbocycles. The minimum Gasteiger partial charge on any atom is -0.457 e. The van der Waals surface area contributed by atoms with Crippen molar-refractivity contribution >= 4 is 5.82 Å². The lowest BCUT2D eigenvalue weighted by Crippen LogP contribution is -2.04. The molecule has 0 unspecified atom stereocenters. The highest BCUT2D eigenvalue weighted by molar-refractivity contribution is 5.29. The first-order valence-corrected chi connectivity index (χ1v) is 4.41. The SMILES string of the molecule is Nc1nc(OCc2cnccn2)ncc1F. The van der Waals surface area contributed by atoms with Crippen LogP contribution < -0.4 is 10.5 Å². The number of anilines is 1. The van der Waals surface area contributed by atoms with E-state index in [0.717, 1.165) is 6.20 Å². The van der Waals surface area contributed by atoms with E-state index in [1.807, 2.05) is 0 Å². The van der Waals surface area contributed by atoms with Gasteiger partial charge in [-0.15, -0.1) is 0 Å². The third-order valence-electron chi connectivity index (χ3n) is 1.71. The Labute approximate surface area is 90.4 Å². The average Bonchev–Trinajstić information content (AvgIpc) is 2.32. The molecule has 2 N–H and O–H groups in total. The van der Waals surface area contributed by atoms with Crippen molar-refractivity contribution < 1.29 is 9.13 Å². The summed E-state index contributed by atoms with van der Waals surface area (Å²) in [4.78, 5) is 15.1. The predicted octanol–water partition coefficient (Wildman–Crippen LogP) is 0.567. The highest BCUT2D eigenvalue weighted by Crippen LogP contribution is 2.10. The summed E-state index contributed by atoms with van der Waals surface area (Å²) in [6, 6.07) is 0.00422. The van der Waals surface area contributed by atoms with Crippen LogP contribution in [-0.2, 0) is 6.61 Å². The normalized spacial score (nSPS) is 10.1. The number of aromatic nitrogens is 4. The molecule has 2 rings (SSSR count). The van der Waals surface area contributed by atoms with Gasteiger partial charge in [0.05, 0.1) is 18.1 Å². The molecule has 0 bridgehead atoms. The molecule has 0 atom stereocenters. The van der Waals surface area contributed by atoms with Crippen molar-refractivity contribution in [3.05, 3.63) is 36.3 Å². The average molecular weight is 221 g/mol. The lowest BCUT2D eigenvalue weighted by molar-refractivity contribution is 0.275. The number of rotatable bonds is 3. The first-order valence-electron chi connectivity index (χ1n) is 4.41. The lowest BCUT2D eigenvalue weighted by atomic mass is 10.5. The maximum atomic E-state index is 12.7. The van der Waals surface area contributed by atoms with Crippen molar-refractivity contribution in [3.8, 4) is 6.01 Å². The van der Waals surface area contributed by atoms with Crippen LogP contribution in [0.5, 0.6) is 6.01 Å². The topological polar surface area (TPSA) is 86.8 Å². The Balaban J connectivity index is 2.03. The fraction of sp³-hybridized carbons (Fsp3) is 0.111. The summed E-state index contributed by atoms with van der Waals surface area (Å²) < 4.78 is 17.9. The summed E-state index contributed by atoms with van der Waals surface area (Å²) in [7, 11) is 0. The minimum atomic E-state index is -0.674. The lowest BCUT2D eigenvalue weighted by Gasteiger charge is -2.03. The van der Waals surface area contributed by atoms with Gasteiger partial charge < -0.3 is 10.5 Å². The van der Waals surface area contributed by atoms with E-state index in [9.17, 15) is 4.39 Å². The van der Waals surface area contributed by atoms with Crippen LogP contribution in [0.4, 0.5) is 10.2 Å². The van der Waals surface area contributed by atoms with E-state index in [0.29, 0.717) is 5.69 Å². The summed E-state index contributed by atoms with van der Waals surface area (Å²) in [5.41, 5.74) is 5.87. The number of nitrogens with two attached hydrogens (primary N) is 1. The van der Waals surface area contributed by atoms with Crippen molar-refractivity contribution in [2.75, 3.05) is 5.73 Å². The molecule has 2 aromatic rings. The molecular weight excluding hydrogens is 213 g/mol. The zero-order chi connectivity index (χ0) is 11.4. The molecule has 0 saturated carbocycles. The quantitative estimate of drug-likeness (QED) is 0.815. The summed E-state index contributed by atoms with van der Waals surface area (Å²) in [6.07, 6.45) is 5.59. The van der Waals surface area contributed by atoms with E-state index in [4.69, 9.17) is 10.5 Å². The molecule has 2 heterocycles. The molecule has 0 aliphatic rings. The Morgan fingerprint density at radius 2 is 2.12 bits per heavy atom. The molecule has 6 nitrogen and oxygen atoms in total. The first-order chi connectivity index (χ1) is 7.75. The van der Waals surface area contributed by atoms with Gasteiger partial charge in [0.25, 0.3) is 0 Å². The maximum absolute atomic E-state index is 12.7. The van der Waals surface area contributed by atoms with E-state index in [1.54, 1.807) is 18.6 Å². The number of nitrogen functional groups attached to an aromatic ring is 1. The smallest absolute Gasteiger partial charge is 0.318 e. The second-order valence-corrected chi connectivity index (χ2v) is 2.87. The molecule has 0 spiro atoms. The highest BCUT2D eigenvalue weighted by atomic mass is 19.1. The van der Waals surface area contributed by atoms with Gasteiger partial charge in [-0.05, 0) is 0 Å². The number of ether oxygens (including phenoxy) is 1. The first kappa shape index (κ1) is 10.2. The molecule has 82 valence electrons. The van der Waals surface area contributed by atoms with E-state index >= 15 is 0 Å². The fourth-order valence-corrected chi connectivity index (χ4v) is 0.976. The van der Waals surface area contributed by atoms with Gasteiger partial charge in [-0.2, -0.15) is 4.98 Å². The second kappa shape index (κ2) is 4.47. The molecule has 0 saturated heterocycles. The van der Waals surface area contributed by atoms with Crippen molar-refractivity contribution in [2.45, 2.75) is 6.61 Å². The molecule has 0 radical (unpaired) electrons. The minimum absolute atomic E-state index is 0.00422. The van der Waals surface area contributed by atoms with Gasteiger partial charge in [0.2, 0.25) is 0 Å². The van der Waals surface area contributed by atoms with Gasteiger partial charge in [-0.3, -0.25) is 9.97 Å². The van der Waals surface area contributed by atoms with Crippen LogP contribution in [0.15, 0.2) is 24.8 Å². The maximum Gasteiger partial charge on any atom is 0.318 e. The van der Waals surface area contributed by atoms with Gasteiger partial charge in [0, 0.05) is 12.4 Å². The summed E-state index contributed by atoms with van der Waals surface area (Å²) in [6.45, 7) is 0.152. The zero-order valence-electron chi connectivity index (χ0n) is 8.17. The predicted molar refractivity (Wildman–Crippen MR) is 52.8 cm³/mol. The van der Waals surface area contributed by atoms with Crippen molar-refractivity contribution in [2.24, 2.45) is 0 Å². The van der Waals surface area contributed by atoms with Gasteiger partial charge in [0.1, 0.15) is 6.61 Å². The van der Waals surface area contributed by atoms with Crippen LogP contribution in [0.1, 0.15) is 5.69 Å². The fourth-order valence-electron chi connectivity index (χ4n) is 0.976. The number of hydrogen-bond acceptors (Lipinski definition) is 6. The molecule has 0 aliphatic heterocycles. The van der Waals surface area contributed by atoms with Crippen LogP contribution >= 0.6 is 0 Å². The largest absolute Gasteiger partial charge is 0.457 e. The Kier molecular flexibility index (Phi) is 2.86. The highest BCUT2D eigenvalue weighted by Gasteiger charge is 2.04. The Hall–Kier alpha value is -2.31. The molecule has 0 fully saturated rings. The van der Waals surface area contributed by atoms with E-state index in [1.165, 1.54) is 0 Å². The van der Waals surface area contributed by atoms with E-state index in [-0.39, 0.29) is 18.4 Å². The summed E-state index contributed by atoms with van der Waals surface area (Å²) in [5.74, 6) is -0.920. The Morgan fingerprint density at radius 3 is 2.81 bits per heavy atom. The monoisotopic (exact) mass is 221 g/mol. The molecular formula is C9H8FN5O. The van der Waals surface area contributed by atoms with Crippen LogP contribution in [0, 0.1) is 5.82 Å². The molecule has 0 amide bonds. The van der Waals surface area contributed by atoms with Crippen molar-refractivity contribution in [3.63, 3.8) is 0 Å². The van der Waals surface area contributed by atoms with Crippen molar-refractivity contribution in [1.82, 2.24) is 19.9 Å². The number of halogens is 1. The van der Waals surface area contributed by atoms with Gasteiger partial charge in [-0.25, -0.2) is 9.37 Å². The van der Waals surface area contributed by atoms with Crippen LogP contribution in [-0.4, -0.2) is 19.9 Å². The molecule has 2 aromatic heterocycles. The van der Waals surface area contributed by atoms with E-state index in [2.05, 4.69) is 19.9 Å². The third kappa shape index (κ3) is 2.38. The number of nitrogens with zero attached hydrogens (tertiary/aromatic N) is 4. The van der Waals surface area contributed by atoms with Crippen LogP contribution in [0.25, 0.3) is 0 Å². The summed E-state index contributed by atoms with van der Waals surface area (Å²) >= 11 is 0. The Bertz CT molecular complexity index is 479. The van der Waals surface area contributed by atoms with Gasteiger partial charge in [-0.1, -0.05) is 0 Å². The number of hydrogen-bond donors (Lipinski definition) is 1. The van der Waals surface area contributed by atoms with Crippen LogP contribution in [0.3, 0.4) is 0 Å². The molecule has 16 heavy (non-hydrogen) atoms. The molecule has 0 aliphatic carbocycles. The second-order valence-electron chi connectivity index (χ2n) is 2.87. The zero-order valence-corrected chi connectivity index (χ0v) is 8.17. The molecule has 7 heteroatoms. The standard InChI is InChI=1S/C9H8FN5O/c10-7-4-14-9(15-8(7)11)16-5-6-3-12-1-2-13-6/h1-4H,5H2,(H2,11,14,15). The van der Waals surface area contributed by atoms with E-state index < -0.39 is 5.82 Å². The third-order valence-corrected chi connectivity index (χ3v) is 1.71. The summed E-state index contributed by atoms with van der Waals surface area (Å²) in [5, 5.41) is 0. The van der Waals surface area contributed by atoms with Crippen molar-refractivity contribution in [1.29, 1.82) is 0 Å². The van der Waals surface area contributed by atoms with Crippen LogP contribution in [0.2, 0.25) is 0 Å².